The third-order valence-corrected chi connectivity index (χ3v) is 4.59. The molecule has 0 aromatic heterocycles. The number of hydrogen-bond acceptors (Lipinski definition) is 3. The SMILES string of the molecule is CCOc1cc(C=Nc2cc(Cl)ccc2C)ccc1OCc1ccc(Cl)cc1. The lowest BCUT2D eigenvalue weighted by Gasteiger charge is -2.13. The number of ether oxygens (including phenoxy) is 2. The lowest BCUT2D eigenvalue weighted by Crippen LogP contribution is -2.00. The zero-order chi connectivity index (χ0) is 19.9. The Morgan fingerprint density at radius 1 is 0.857 bits per heavy atom. The van der Waals surface area contributed by atoms with Gasteiger partial charge in [-0.2, -0.15) is 0 Å². The number of aliphatic imine (C=N–C) groups is 1. The van der Waals surface area contributed by atoms with E-state index in [1.807, 2.05) is 74.5 Å². The Morgan fingerprint density at radius 3 is 2.36 bits per heavy atom. The molecule has 0 heterocycles. The van der Waals surface area contributed by atoms with Crippen molar-refractivity contribution >= 4 is 35.1 Å². The highest BCUT2D eigenvalue weighted by Gasteiger charge is 2.07. The van der Waals surface area contributed by atoms with Crippen molar-refractivity contribution in [3.63, 3.8) is 0 Å². The fourth-order valence-electron chi connectivity index (χ4n) is 2.60. The van der Waals surface area contributed by atoms with Gasteiger partial charge in [-0.05, 0) is 73.0 Å². The zero-order valence-electron chi connectivity index (χ0n) is 15.8. The molecule has 0 aliphatic heterocycles. The highest BCUT2D eigenvalue weighted by Crippen LogP contribution is 2.29. The van der Waals surface area contributed by atoms with Crippen molar-refractivity contribution in [1.29, 1.82) is 0 Å². The zero-order valence-corrected chi connectivity index (χ0v) is 17.3. The summed E-state index contributed by atoms with van der Waals surface area (Å²) >= 11 is 12.0. The van der Waals surface area contributed by atoms with Crippen LogP contribution in [0.3, 0.4) is 0 Å². The van der Waals surface area contributed by atoms with Gasteiger partial charge in [0, 0.05) is 16.3 Å². The topological polar surface area (TPSA) is 30.8 Å². The summed E-state index contributed by atoms with van der Waals surface area (Å²) in [5.41, 5.74) is 3.86. The van der Waals surface area contributed by atoms with E-state index in [1.54, 1.807) is 6.21 Å². The molecule has 3 aromatic rings. The van der Waals surface area contributed by atoms with E-state index < -0.39 is 0 Å². The monoisotopic (exact) mass is 413 g/mol. The van der Waals surface area contributed by atoms with E-state index >= 15 is 0 Å². The highest BCUT2D eigenvalue weighted by atomic mass is 35.5. The molecule has 0 radical (unpaired) electrons. The minimum atomic E-state index is 0.437. The van der Waals surface area contributed by atoms with Crippen LogP contribution in [0, 0.1) is 6.92 Å². The molecule has 0 N–H and O–H groups in total. The van der Waals surface area contributed by atoms with Crippen LogP contribution >= 0.6 is 23.2 Å². The van der Waals surface area contributed by atoms with Crippen LogP contribution in [0.4, 0.5) is 5.69 Å². The Bertz CT molecular complexity index is 969. The van der Waals surface area contributed by atoms with Crippen LogP contribution in [0.1, 0.15) is 23.6 Å². The lowest BCUT2D eigenvalue weighted by atomic mass is 10.2. The van der Waals surface area contributed by atoms with Gasteiger partial charge in [0.25, 0.3) is 0 Å². The second kappa shape index (κ2) is 9.63. The second-order valence-corrected chi connectivity index (χ2v) is 7.12. The van der Waals surface area contributed by atoms with E-state index in [0.29, 0.717) is 34.8 Å². The molecule has 0 saturated heterocycles. The largest absolute Gasteiger partial charge is 0.490 e. The van der Waals surface area contributed by atoms with Gasteiger partial charge in [-0.1, -0.05) is 41.4 Å². The summed E-state index contributed by atoms with van der Waals surface area (Å²) in [6, 6.07) is 19.0. The second-order valence-electron chi connectivity index (χ2n) is 6.24. The number of benzene rings is 3. The Morgan fingerprint density at radius 2 is 1.61 bits per heavy atom. The van der Waals surface area contributed by atoms with Gasteiger partial charge in [-0.25, -0.2) is 0 Å². The molecule has 3 nitrogen and oxygen atoms in total. The number of nitrogens with zero attached hydrogens (tertiary/aromatic N) is 1. The molecule has 144 valence electrons. The smallest absolute Gasteiger partial charge is 0.161 e. The van der Waals surface area contributed by atoms with E-state index in [-0.39, 0.29) is 0 Å². The molecule has 0 aliphatic rings. The third-order valence-electron chi connectivity index (χ3n) is 4.10. The normalized spacial score (nSPS) is 11.0. The molecule has 0 unspecified atom stereocenters. The van der Waals surface area contributed by atoms with Gasteiger partial charge in [0.05, 0.1) is 12.3 Å². The molecule has 0 aliphatic carbocycles. The predicted octanol–water partition coefficient (Wildman–Crippen LogP) is 7.03. The quantitative estimate of drug-likeness (QED) is 0.389. The lowest BCUT2D eigenvalue weighted by molar-refractivity contribution is 0.269. The molecule has 0 fully saturated rings. The molecule has 28 heavy (non-hydrogen) atoms. The van der Waals surface area contributed by atoms with Gasteiger partial charge < -0.3 is 9.47 Å². The Hall–Kier alpha value is -2.49. The van der Waals surface area contributed by atoms with Gasteiger partial charge in [-0.15, -0.1) is 0 Å². The number of hydrogen-bond donors (Lipinski definition) is 0. The third kappa shape index (κ3) is 5.51. The van der Waals surface area contributed by atoms with Crippen LogP contribution in [0.2, 0.25) is 10.0 Å². The summed E-state index contributed by atoms with van der Waals surface area (Å²) in [5.74, 6) is 1.37. The maximum Gasteiger partial charge on any atom is 0.161 e. The highest BCUT2D eigenvalue weighted by molar-refractivity contribution is 6.31. The van der Waals surface area contributed by atoms with Gasteiger partial charge in [0.15, 0.2) is 11.5 Å². The molecule has 5 heteroatoms. The van der Waals surface area contributed by atoms with Gasteiger partial charge >= 0.3 is 0 Å². The first-order chi connectivity index (χ1) is 13.5. The maximum atomic E-state index is 6.06. The minimum absolute atomic E-state index is 0.437. The average Bonchev–Trinajstić information content (AvgIpc) is 2.69. The summed E-state index contributed by atoms with van der Waals surface area (Å²) in [7, 11) is 0. The van der Waals surface area contributed by atoms with Gasteiger partial charge in [0.1, 0.15) is 6.61 Å². The minimum Gasteiger partial charge on any atom is -0.490 e. The standard InChI is InChI=1S/C23H21Cl2NO2/c1-3-27-23-12-18(14-26-21-13-20(25)8-4-16(21)2)7-11-22(23)28-15-17-5-9-19(24)10-6-17/h4-14H,3,15H2,1-2H3. The number of halogens is 2. The Kier molecular flexibility index (Phi) is 6.96. The van der Waals surface area contributed by atoms with E-state index in [9.17, 15) is 0 Å². The first kappa shape index (κ1) is 20.2. The van der Waals surface area contributed by atoms with E-state index in [2.05, 4.69) is 4.99 Å². The van der Waals surface area contributed by atoms with E-state index in [4.69, 9.17) is 32.7 Å². The summed E-state index contributed by atoms with van der Waals surface area (Å²) in [6.45, 7) is 4.93. The van der Waals surface area contributed by atoms with Crippen LogP contribution in [0.5, 0.6) is 11.5 Å². The fourth-order valence-corrected chi connectivity index (χ4v) is 2.89. The van der Waals surface area contributed by atoms with Crippen molar-refractivity contribution in [3.8, 4) is 11.5 Å². The van der Waals surface area contributed by atoms with Gasteiger partial charge in [-0.3, -0.25) is 4.99 Å². The van der Waals surface area contributed by atoms with Crippen LogP contribution in [0.15, 0.2) is 65.7 Å². The Labute approximate surface area is 175 Å². The van der Waals surface area contributed by atoms with E-state index in [1.165, 1.54) is 0 Å². The van der Waals surface area contributed by atoms with Crippen molar-refractivity contribution in [2.45, 2.75) is 20.5 Å². The molecule has 0 saturated carbocycles. The molecule has 0 atom stereocenters. The van der Waals surface area contributed by atoms with Crippen molar-refractivity contribution in [3.05, 3.63) is 87.4 Å². The first-order valence-electron chi connectivity index (χ1n) is 8.99. The molecule has 3 rings (SSSR count). The fraction of sp³-hybridized carbons (Fsp3) is 0.174. The molecular weight excluding hydrogens is 393 g/mol. The average molecular weight is 414 g/mol. The predicted molar refractivity (Wildman–Crippen MR) is 117 cm³/mol. The summed E-state index contributed by atoms with van der Waals surface area (Å²) in [5, 5.41) is 1.37. The van der Waals surface area contributed by atoms with Crippen molar-refractivity contribution in [1.82, 2.24) is 0 Å². The molecule has 3 aromatic carbocycles. The summed E-state index contributed by atoms with van der Waals surface area (Å²) in [6.07, 6.45) is 1.80. The van der Waals surface area contributed by atoms with Gasteiger partial charge in [0.2, 0.25) is 0 Å². The molecule has 0 bridgehead atoms. The van der Waals surface area contributed by atoms with Crippen molar-refractivity contribution in [2.75, 3.05) is 6.61 Å². The molecule has 0 spiro atoms. The maximum absolute atomic E-state index is 6.06. The number of aryl methyl sites for hydroxylation is 1. The molecular formula is C23H21Cl2NO2. The summed E-state index contributed by atoms with van der Waals surface area (Å²) < 4.78 is 11.7. The van der Waals surface area contributed by atoms with E-state index in [0.717, 1.165) is 22.4 Å². The molecule has 0 amide bonds. The first-order valence-corrected chi connectivity index (χ1v) is 9.75. The van der Waals surface area contributed by atoms with Crippen molar-refractivity contribution in [2.24, 2.45) is 4.99 Å². The van der Waals surface area contributed by atoms with Crippen LogP contribution in [-0.4, -0.2) is 12.8 Å². The van der Waals surface area contributed by atoms with Crippen LogP contribution in [0.25, 0.3) is 0 Å². The van der Waals surface area contributed by atoms with Crippen LogP contribution in [-0.2, 0) is 6.61 Å². The Balaban J connectivity index is 1.77. The number of rotatable bonds is 7. The van der Waals surface area contributed by atoms with Crippen LogP contribution < -0.4 is 9.47 Å². The van der Waals surface area contributed by atoms with Crippen molar-refractivity contribution < 1.29 is 9.47 Å². The summed E-state index contributed by atoms with van der Waals surface area (Å²) in [4.78, 5) is 4.55.